The van der Waals surface area contributed by atoms with Gasteiger partial charge in [0.2, 0.25) is 0 Å². The molecule has 3 rings (SSSR count). The highest BCUT2D eigenvalue weighted by atomic mass is 16.5. The second kappa shape index (κ2) is 5.84. The van der Waals surface area contributed by atoms with E-state index in [1.54, 1.807) is 0 Å². The monoisotopic (exact) mass is 348 g/mol. The van der Waals surface area contributed by atoms with E-state index in [9.17, 15) is 9.90 Å². The molecule has 0 aliphatic heterocycles. The van der Waals surface area contributed by atoms with Crippen molar-refractivity contribution in [2.45, 2.75) is 91.3 Å². The minimum Gasteiger partial charge on any atom is -0.462 e. The molecule has 0 aromatic carbocycles. The van der Waals surface area contributed by atoms with Crippen molar-refractivity contribution in [2.24, 2.45) is 28.1 Å². The SMILES string of the molecule is C=CC1(C)CCC2C(O)(CCC3C(C)(C)C(OC(C)=O)CCC23C)C1. The van der Waals surface area contributed by atoms with Gasteiger partial charge in [0.15, 0.2) is 0 Å². The maximum Gasteiger partial charge on any atom is 0.302 e. The van der Waals surface area contributed by atoms with Gasteiger partial charge in [-0.25, -0.2) is 0 Å². The van der Waals surface area contributed by atoms with Crippen molar-refractivity contribution < 1.29 is 14.6 Å². The molecule has 6 unspecified atom stereocenters. The van der Waals surface area contributed by atoms with Crippen molar-refractivity contribution in [3.8, 4) is 0 Å². The molecule has 0 heterocycles. The molecule has 0 aromatic rings. The van der Waals surface area contributed by atoms with Gasteiger partial charge >= 0.3 is 5.97 Å². The van der Waals surface area contributed by atoms with E-state index in [1.165, 1.54) is 6.92 Å². The molecule has 3 nitrogen and oxygen atoms in total. The molecule has 3 fully saturated rings. The average Bonchev–Trinajstić information content (AvgIpc) is 2.49. The number of ether oxygens (including phenoxy) is 1. The molecular formula is C22H36O3. The normalized spacial score (nSPS) is 48.8. The molecule has 6 atom stereocenters. The van der Waals surface area contributed by atoms with Crippen LogP contribution in [0.3, 0.4) is 0 Å². The predicted octanol–water partition coefficient (Wildman–Crippen LogP) is 4.88. The van der Waals surface area contributed by atoms with Crippen LogP contribution in [0.25, 0.3) is 0 Å². The summed E-state index contributed by atoms with van der Waals surface area (Å²) in [5, 5.41) is 11.6. The van der Waals surface area contributed by atoms with Crippen LogP contribution in [0, 0.1) is 28.1 Å². The molecule has 0 spiro atoms. The summed E-state index contributed by atoms with van der Waals surface area (Å²) in [5.74, 6) is 0.647. The van der Waals surface area contributed by atoms with Crippen LogP contribution in [-0.2, 0) is 9.53 Å². The van der Waals surface area contributed by atoms with Gasteiger partial charge in [0.1, 0.15) is 6.10 Å². The lowest BCUT2D eigenvalue weighted by atomic mass is 9.41. The van der Waals surface area contributed by atoms with Crippen LogP contribution in [0.1, 0.15) is 79.6 Å². The fourth-order valence-corrected chi connectivity index (χ4v) is 7.02. The predicted molar refractivity (Wildman–Crippen MR) is 100.0 cm³/mol. The molecule has 25 heavy (non-hydrogen) atoms. The summed E-state index contributed by atoms with van der Waals surface area (Å²) in [6, 6.07) is 0. The molecule has 3 heteroatoms. The summed E-state index contributed by atoms with van der Waals surface area (Å²) in [6.45, 7) is 14.7. The number of carbonyl (C=O) groups excluding carboxylic acids is 1. The molecule has 0 amide bonds. The Labute approximate surface area is 153 Å². The molecular weight excluding hydrogens is 312 g/mol. The Kier molecular flexibility index (Phi) is 4.42. The van der Waals surface area contributed by atoms with E-state index in [0.717, 1.165) is 44.9 Å². The topological polar surface area (TPSA) is 46.5 Å². The first-order valence-electron chi connectivity index (χ1n) is 10.0. The number of hydrogen-bond acceptors (Lipinski definition) is 3. The number of aliphatic hydroxyl groups is 1. The van der Waals surface area contributed by atoms with E-state index >= 15 is 0 Å². The van der Waals surface area contributed by atoms with E-state index in [0.29, 0.717) is 11.8 Å². The van der Waals surface area contributed by atoms with Gasteiger partial charge < -0.3 is 9.84 Å². The third-order valence-corrected chi connectivity index (χ3v) is 8.29. The summed E-state index contributed by atoms with van der Waals surface area (Å²) < 4.78 is 5.70. The highest BCUT2D eigenvalue weighted by molar-refractivity contribution is 5.66. The standard InChI is InChI=1S/C22H36O3/c1-7-20(5)11-8-17-21(6)12-10-18(25-15(2)23)19(3,4)16(21)9-13-22(17,24)14-20/h7,16-18,24H,1,8-14H2,2-6H3. The van der Waals surface area contributed by atoms with Crippen LogP contribution in [0.5, 0.6) is 0 Å². The Balaban J connectivity index is 1.90. The lowest BCUT2D eigenvalue weighted by Gasteiger charge is -2.65. The van der Waals surface area contributed by atoms with Crippen LogP contribution in [-0.4, -0.2) is 22.8 Å². The Morgan fingerprint density at radius 3 is 2.32 bits per heavy atom. The number of fused-ring (bicyclic) bond motifs is 3. The van der Waals surface area contributed by atoms with E-state index in [4.69, 9.17) is 4.74 Å². The zero-order valence-electron chi connectivity index (χ0n) is 16.7. The van der Waals surface area contributed by atoms with Gasteiger partial charge in [-0.05, 0) is 67.6 Å². The highest BCUT2D eigenvalue weighted by Gasteiger charge is 2.63. The summed E-state index contributed by atoms with van der Waals surface area (Å²) in [6.07, 6.45) is 8.89. The van der Waals surface area contributed by atoms with E-state index in [2.05, 4.69) is 40.3 Å². The van der Waals surface area contributed by atoms with Crippen LogP contribution in [0.15, 0.2) is 12.7 Å². The first-order valence-corrected chi connectivity index (χ1v) is 10.0. The molecule has 3 aliphatic carbocycles. The molecule has 142 valence electrons. The number of esters is 1. The molecule has 0 aromatic heterocycles. The largest absolute Gasteiger partial charge is 0.462 e. The highest BCUT2D eigenvalue weighted by Crippen LogP contribution is 2.66. The van der Waals surface area contributed by atoms with Crippen molar-refractivity contribution in [1.82, 2.24) is 0 Å². The lowest BCUT2D eigenvalue weighted by molar-refractivity contribution is -0.226. The zero-order chi connectivity index (χ0) is 18.7. The number of rotatable bonds is 2. The fraction of sp³-hybridized carbons (Fsp3) is 0.864. The van der Waals surface area contributed by atoms with Crippen molar-refractivity contribution in [3.05, 3.63) is 12.7 Å². The van der Waals surface area contributed by atoms with Gasteiger partial charge in [0.25, 0.3) is 0 Å². The van der Waals surface area contributed by atoms with Crippen molar-refractivity contribution in [1.29, 1.82) is 0 Å². The van der Waals surface area contributed by atoms with Gasteiger partial charge in [0, 0.05) is 12.3 Å². The lowest BCUT2D eigenvalue weighted by Crippen LogP contribution is -2.63. The Morgan fingerprint density at radius 1 is 1.08 bits per heavy atom. The van der Waals surface area contributed by atoms with Crippen molar-refractivity contribution in [3.63, 3.8) is 0 Å². The Morgan fingerprint density at radius 2 is 1.72 bits per heavy atom. The van der Waals surface area contributed by atoms with Crippen molar-refractivity contribution >= 4 is 5.97 Å². The van der Waals surface area contributed by atoms with Gasteiger partial charge in [-0.1, -0.05) is 33.8 Å². The van der Waals surface area contributed by atoms with Gasteiger partial charge in [0.05, 0.1) is 5.60 Å². The number of hydrogen-bond donors (Lipinski definition) is 1. The first kappa shape index (κ1) is 18.9. The van der Waals surface area contributed by atoms with Gasteiger partial charge in [-0.2, -0.15) is 0 Å². The zero-order valence-corrected chi connectivity index (χ0v) is 16.7. The third-order valence-electron chi connectivity index (χ3n) is 8.29. The van der Waals surface area contributed by atoms with Crippen LogP contribution >= 0.6 is 0 Å². The average molecular weight is 349 g/mol. The molecule has 1 N–H and O–H groups in total. The summed E-state index contributed by atoms with van der Waals surface area (Å²) >= 11 is 0. The van der Waals surface area contributed by atoms with E-state index in [-0.39, 0.29) is 28.3 Å². The number of allylic oxidation sites excluding steroid dienone is 1. The fourth-order valence-electron chi connectivity index (χ4n) is 7.02. The van der Waals surface area contributed by atoms with Crippen molar-refractivity contribution in [2.75, 3.05) is 0 Å². The van der Waals surface area contributed by atoms with Crippen LogP contribution in [0.4, 0.5) is 0 Å². The van der Waals surface area contributed by atoms with Gasteiger partial charge in [-0.15, -0.1) is 6.58 Å². The maximum atomic E-state index is 11.6. The van der Waals surface area contributed by atoms with Crippen LogP contribution in [0.2, 0.25) is 0 Å². The Hall–Kier alpha value is -0.830. The summed E-state index contributed by atoms with van der Waals surface area (Å²) in [4.78, 5) is 11.6. The molecule has 0 bridgehead atoms. The Bertz CT molecular complexity index is 568. The molecule has 0 saturated heterocycles. The minimum absolute atomic E-state index is 0.00343. The second-order valence-electron chi connectivity index (χ2n) is 10.3. The van der Waals surface area contributed by atoms with Gasteiger partial charge in [-0.3, -0.25) is 4.79 Å². The van der Waals surface area contributed by atoms with E-state index < -0.39 is 5.60 Å². The molecule has 3 aliphatic rings. The molecule has 0 radical (unpaired) electrons. The molecule has 3 saturated carbocycles. The quantitative estimate of drug-likeness (QED) is 0.571. The smallest absolute Gasteiger partial charge is 0.302 e. The maximum absolute atomic E-state index is 11.6. The second-order valence-corrected chi connectivity index (χ2v) is 10.3. The summed E-state index contributed by atoms with van der Waals surface area (Å²) in [7, 11) is 0. The minimum atomic E-state index is -0.573. The third kappa shape index (κ3) is 2.87. The summed E-state index contributed by atoms with van der Waals surface area (Å²) in [5.41, 5.74) is -0.440. The number of carbonyl (C=O) groups is 1. The van der Waals surface area contributed by atoms with E-state index in [1.807, 2.05) is 0 Å². The van der Waals surface area contributed by atoms with Crippen LogP contribution < -0.4 is 0 Å². The first-order chi connectivity index (χ1) is 11.5.